The lowest BCUT2D eigenvalue weighted by Crippen LogP contribution is -2.50. The van der Waals surface area contributed by atoms with Crippen LogP contribution in [0, 0.1) is 17.8 Å². The number of hydrogen-bond acceptors (Lipinski definition) is 7. The monoisotopic (exact) mass is 503 g/mol. The first-order chi connectivity index (χ1) is 16.6. The molecule has 3 heterocycles. The van der Waals surface area contributed by atoms with Crippen molar-refractivity contribution in [1.82, 2.24) is 23.7 Å². The lowest BCUT2D eigenvalue weighted by molar-refractivity contribution is 0.0373. The van der Waals surface area contributed by atoms with Gasteiger partial charge in [0.15, 0.2) is 5.03 Å². The van der Waals surface area contributed by atoms with Gasteiger partial charge in [0.1, 0.15) is 11.7 Å². The number of carbonyl (C=O) groups excluding carboxylic acids is 1. The van der Waals surface area contributed by atoms with Crippen LogP contribution >= 0.6 is 0 Å². The second-order valence-electron chi connectivity index (χ2n) is 8.91. The van der Waals surface area contributed by atoms with Crippen LogP contribution < -0.4 is 4.74 Å². The van der Waals surface area contributed by atoms with Crippen LogP contribution in [0.25, 0.3) is 0 Å². The Kier molecular flexibility index (Phi) is 8.53. The maximum Gasteiger partial charge on any atom is 0.261 e. The fraction of sp³-hybridized carbons (Fsp3) is 0.542. The number of ether oxygens (including phenoxy) is 1. The van der Waals surface area contributed by atoms with E-state index >= 15 is 0 Å². The van der Waals surface area contributed by atoms with Crippen molar-refractivity contribution < 1.29 is 23.1 Å². The van der Waals surface area contributed by atoms with Crippen molar-refractivity contribution in [1.29, 1.82) is 0 Å². The van der Waals surface area contributed by atoms with E-state index < -0.39 is 22.2 Å². The first-order valence-corrected chi connectivity index (χ1v) is 13.0. The van der Waals surface area contributed by atoms with Gasteiger partial charge in [-0.25, -0.2) is 18.4 Å². The summed E-state index contributed by atoms with van der Waals surface area (Å²) in [5.41, 5.74) is 0.825. The molecule has 0 spiro atoms. The topological polar surface area (TPSA) is 118 Å². The standard InChI is InChI=1S/C24H33N5O5S/c1-6-7-8-9-19-10-20-23(25-11-19)34-21(17(2)12-29(24(20)31)18(3)15-30)13-28(5)35(32,33)22-14-27(4)16-26-22/h10-11,14,16-18,21,30H,6-7,12-13,15H2,1-5H3/t17-,18-,21-/m0/s1. The molecule has 35 heavy (non-hydrogen) atoms. The number of aromatic nitrogens is 3. The molecule has 0 unspecified atom stereocenters. The third kappa shape index (κ3) is 6.01. The number of amides is 1. The molecule has 2 aromatic rings. The van der Waals surface area contributed by atoms with Crippen LogP contribution in [-0.4, -0.2) is 82.1 Å². The Morgan fingerprint density at radius 3 is 2.74 bits per heavy atom. The highest BCUT2D eigenvalue weighted by Crippen LogP contribution is 2.28. The Bertz CT molecular complexity index is 1220. The van der Waals surface area contributed by atoms with E-state index in [1.807, 2.05) is 13.8 Å². The molecule has 0 bridgehead atoms. The number of aliphatic hydroxyl groups is 1. The summed E-state index contributed by atoms with van der Waals surface area (Å²) < 4.78 is 35.0. The molecular formula is C24H33N5O5S. The molecule has 1 aliphatic heterocycles. The van der Waals surface area contributed by atoms with Gasteiger partial charge >= 0.3 is 0 Å². The van der Waals surface area contributed by atoms with Gasteiger partial charge in [-0.1, -0.05) is 25.7 Å². The molecule has 1 aliphatic rings. The summed E-state index contributed by atoms with van der Waals surface area (Å²) in [6, 6.07) is 1.20. The van der Waals surface area contributed by atoms with Gasteiger partial charge in [0.05, 0.1) is 25.5 Å². The number of rotatable bonds is 7. The van der Waals surface area contributed by atoms with Crippen molar-refractivity contribution in [3.05, 3.63) is 35.9 Å². The Morgan fingerprint density at radius 2 is 2.11 bits per heavy atom. The zero-order valence-corrected chi connectivity index (χ0v) is 21.6. The fourth-order valence-corrected chi connectivity index (χ4v) is 4.85. The van der Waals surface area contributed by atoms with Gasteiger partial charge in [0, 0.05) is 50.9 Å². The summed E-state index contributed by atoms with van der Waals surface area (Å²) >= 11 is 0. The van der Waals surface area contributed by atoms with Gasteiger partial charge in [-0.2, -0.15) is 4.31 Å². The zero-order valence-electron chi connectivity index (χ0n) is 20.8. The Hall–Kier alpha value is -2.94. The van der Waals surface area contributed by atoms with Crippen LogP contribution in [0.1, 0.15) is 49.5 Å². The molecule has 0 radical (unpaired) electrons. The van der Waals surface area contributed by atoms with Gasteiger partial charge in [0.2, 0.25) is 5.88 Å². The summed E-state index contributed by atoms with van der Waals surface area (Å²) in [4.78, 5) is 23.3. The lowest BCUT2D eigenvalue weighted by atomic mass is 10.0. The minimum absolute atomic E-state index is 0.0226. The van der Waals surface area contributed by atoms with Crippen molar-refractivity contribution in [2.45, 2.75) is 50.8 Å². The largest absolute Gasteiger partial charge is 0.472 e. The van der Waals surface area contributed by atoms with Gasteiger partial charge in [-0.3, -0.25) is 4.79 Å². The summed E-state index contributed by atoms with van der Waals surface area (Å²) in [5.74, 6) is 5.61. The number of carbonyl (C=O) groups is 1. The molecule has 0 saturated carbocycles. The highest BCUT2D eigenvalue weighted by atomic mass is 32.2. The minimum atomic E-state index is -3.84. The minimum Gasteiger partial charge on any atom is -0.472 e. The number of aliphatic hydroxyl groups excluding tert-OH is 1. The highest BCUT2D eigenvalue weighted by Gasteiger charge is 2.36. The second kappa shape index (κ2) is 11.2. The highest BCUT2D eigenvalue weighted by molar-refractivity contribution is 7.89. The van der Waals surface area contributed by atoms with Crippen LogP contribution in [0.3, 0.4) is 0 Å². The number of imidazole rings is 1. The molecular weight excluding hydrogens is 470 g/mol. The van der Waals surface area contributed by atoms with E-state index in [9.17, 15) is 18.3 Å². The van der Waals surface area contributed by atoms with Crippen molar-refractivity contribution >= 4 is 15.9 Å². The Balaban J connectivity index is 1.97. The van der Waals surface area contributed by atoms with E-state index in [0.29, 0.717) is 5.56 Å². The van der Waals surface area contributed by atoms with Gasteiger partial charge < -0.3 is 19.3 Å². The van der Waals surface area contributed by atoms with Crippen molar-refractivity contribution in [2.75, 3.05) is 26.7 Å². The molecule has 0 aromatic carbocycles. The number of unbranched alkanes of at least 4 members (excludes halogenated alkanes) is 1. The van der Waals surface area contributed by atoms with Crippen LogP contribution in [0.5, 0.6) is 5.88 Å². The molecule has 190 valence electrons. The van der Waals surface area contributed by atoms with E-state index in [1.165, 1.54) is 23.9 Å². The molecule has 0 aliphatic carbocycles. The number of fused-ring (bicyclic) bond motifs is 1. The van der Waals surface area contributed by atoms with Crippen LogP contribution in [0.4, 0.5) is 0 Å². The van der Waals surface area contributed by atoms with E-state index in [1.54, 1.807) is 35.7 Å². The summed E-state index contributed by atoms with van der Waals surface area (Å²) in [5, 5.41) is 9.73. The van der Waals surface area contributed by atoms with Crippen molar-refractivity contribution in [3.63, 3.8) is 0 Å². The first kappa shape index (κ1) is 26.7. The second-order valence-corrected chi connectivity index (χ2v) is 10.9. The zero-order chi connectivity index (χ0) is 25.8. The predicted octanol–water partition coefficient (Wildman–Crippen LogP) is 1.51. The number of aryl methyl sites for hydroxylation is 1. The molecule has 0 fully saturated rings. The third-order valence-electron chi connectivity index (χ3n) is 5.92. The summed E-state index contributed by atoms with van der Waals surface area (Å²) in [6.07, 6.45) is 5.46. The number of likely N-dealkylation sites (N-methyl/N-ethyl adjacent to an activating group) is 1. The number of sulfonamides is 1. The molecule has 0 saturated heterocycles. The quantitative estimate of drug-likeness (QED) is 0.569. The van der Waals surface area contributed by atoms with E-state index in [0.717, 1.165) is 12.8 Å². The number of pyridine rings is 1. The third-order valence-corrected chi connectivity index (χ3v) is 7.63. The maximum absolute atomic E-state index is 13.4. The molecule has 10 nitrogen and oxygen atoms in total. The van der Waals surface area contributed by atoms with Crippen LogP contribution in [0.15, 0.2) is 29.8 Å². The summed E-state index contributed by atoms with van der Waals surface area (Å²) in [6.45, 7) is 5.76. The van der Waals surface area contributed by atoms with Gasteiger partial charge in [-0.05, 0) is 19.4 Å². The van der Waals surface area contributed by atoms with E-state index in [4.69, 9.17) is 4.74 Å². The SMILES string of the molecule is CCCC#Cc1cnc2c(c1)C(=O)N([C@@H](C)CO)C[C@H](C)[C@H](CN(C)S(=O)(=O)c1cn(C)cn1)O2. The Labute approximate surface area is 207 Å². The van der Waals surface area contributed by atoms with E-state index in [2.05, 4.69) is 21.8 Å². The van der Waals surface area contributed by atoms with Crippen LogP contribution in [0.2, 0.25) is 0 Å². The molecule has 11 heteroatoms. The maximum atomic E-state index is 13.4. The van der Waals surface area contributed by atoms with Gasteiger partial charge in [-0.15, -0.1) is 0 Å². The molecule has 3 atom stereocenters. The van der Waals surface area contributed by atoms with E-state index in [-0.39, 0.29) is 48.0 Å². The predicted molar refractivity (Wildman–Crippen MR) is 130 cm³/mol. The lowest BCUT2D eigenvalue weighted by Gasteiger charge is -2.37. The number of hydrogen-bond donors (Lipinski definition) is 1. The summed E-state index contributed by atoms with van der Waals surface area (Å²) in [7, 11) is -0.673. The first-order valence-electron chi connectivity index (χ1n) is 11.6. The smallest absolute Gasteiger partial charge is 0.261 e. The molecule has 2 aromatic heterocycles. The van der Waals surface area contributed by atoms with Crippen molar-refractivity contribution in [2.24, 2.45) is 13.0 Å². The average Bonchev–Trinajstić information content (AvgIpc) is 3.28. The van der Waals surface area contributed by atoms with Crippen molar-refractivity contribution in [3.8, 4) is 17.7 Å². The molecule has 1 N–H and O–H groups in total. The number of nitrogens with zero attached hydrogens (tertiary/aromatic N) is 5. The molecule has 1 amide bonds. The van der Waals surface area contributed by atoms with Gasteiger partial charge in [0.25, 0.3) is 15.9 Å². The molecule has 3 rings (SSSR count). The normalized spacial score (nSPS) is 19.3. The van der Waals surface area contributed by atoms with Crippen LogP contribution in [-0.2, 0) is 17.1 Å². The fourth-order valence-electron chi connectivity index (χ4n) is 3.71. The average molecular weight is 504 g/mol. The Morgan fingerprint density at radius 1 is 1.37 bits per heavy atom.